The molecule has 6 heteroatoms. The second-order valence-electron chi connectivity index (χ2n) is 8.63. The van der Waals surface area contributed by atoms with Crippen molar-refractivity contribution in [1.82, 2.24) is 0 Å². The molecule has 0 radical (unpaired) electrons. The van der Waals surface area contributed by atoms with E-state index in [1.54, 1.807) is 11.3 Å². The summed E-state index contributed by atoms with van der Waals surface area (Å²) in [5.74, 6) is 0.910. The number of hydrogen-bond donors (Lipinski definition) is 0. The molecular weight excluding hydrogens is 387 g/mol. The Balaban J connectivity index is 1.86. The second kappa shape index (κ2) is 6.59. The van der Waals surface area contributed by atoms with Gasteiger partial charge in [0.15, 0.2) is 0 Å². The van der Waals surface area contributed by atoms with Gasteiger partial charge in [-0.3, -0.25) is 0 Å². The van der Waals surface area contributed by atoms with Gasteiger partial charge in [-0.1, -0.05) is 0 Å². The minimum absolute atomic E-state index is 0.394. The Labute approximate surface area is 175 Å². The van der Waals surface area contributed by atoms with Crippen LogP contribution in [0, 0.1) is 27.7 Å². The first kappa shape index (κ1) is 20.0. The Hall–Kier alpha value is -1.34. The first-order valence-electron chi connectivity index (χ1n) is 9.63. The molecule has 4 heterocycles. The highest BCUT2D eigenvalue weighted by Crippen LogP contribution is 2.42. The summed E-state index contributed by atoms with van der Waals surface area (Å²) in [7, 11) is -0.502. The molecule has 148 valence electrons. The van der Waals surface area contributed by atoms with Gasteiger partial charge in [0.2, 0.25) is 0 Å². The van der Waals surface area contributed by atoms with E-state index in [-0.39, 0.29) is 0 Å². The monoisotopic (exact) mass is 414 g/mol. The predicted octanol–water partition coefficient (Wildman–Crippen LogP) is 6.27. The molecule has 1 aliphatic heterocycles. The van der Waals surface area contributed by atoms with Crippen LogP contribution in [0.25, 0.3) is 22.5 Å². The van der Waals surface area contributed by atoms with Crippen molar-refractivity contribution < 1.29 is 13.7 Å². The fourth-order valence-electron chi connectivity index (χ4n) is 3.64. The summed E-state index contributed by atoms with van der Waals surface area (Å²) in [5, 5.41) is 0. The summed E-state index contributed by atoms with van der Waals surface area (Å²) in [4.78, 5) is 5.14. The van der Waals surface area contributed by atoms with Crippen molar-refractivity contribution in [3.05, 3.63) is 37.7 Å². The van der Waals surface area contributed by atoms with Gasteiger partial charge in [0, 0.05) is 30.6 Å². The van der Waals surface area contributed by atoms with E-state index in [1.165, 1.54) is 25.1 Å². The summed E-state index contributed by atoms with van der Waals surface area (Å²) in [6.07, 6.45) is 0. The fraction of sp³-hybridized carbons (Fsp3) is 0.455. The van der Waals surface area contributed by atoms with Gasteiger partial charge in [-0.15, -0.1) is 22.7 Å². The molecule has 0 aromatic carbocycles. The fourth-order valence-corrected chi connectivity index (χ4v) is 5.50. The zero-order valence-electron chi connectivity index (χ0n) is 17.9. The van der Waals surface area contributed by atoms with Crippen molar-refractivity contribution >= 4 is 35.5 Å². The van der Waals surface area contributed by atoms with E-state index in [9.17, 15) is 0 Å². The molecule has 3 nitrogen and oxygen atoms in total. The Kier molecular flexibility index (Phi) is 4.70. The largest absolute Gasteiger partial charge is 0.532 e. The van der Waals surface area contributed by atoms with Gasteiger partial charge in [-0.2, -0.15) is 0 Å². The number of furan rings is 1. The summed E-state index contributed by atoms with van der Waals surface area (Å²) in [5.41, 5.74) is 3.45. The van der Waals surface area contributed by atoms with Crippen LogP contribution in [0.3, 0.4) is 0 Å². The quantitative estimate of drug-likeness (QED) is 0.474. The highest BCUT2D eigenvalue weighted by molar-refractivity contribution is 7.12. The van der Waals surface area contributed by atoms with E-state index >= 15 is 0 Å². The van der Waals surface area contributed by atoms with E-state index in [0.717, 1.165) is 22.5 Å². The lowest BCUT2D eigenvalue weighted by molar-refractivity contribution is 0.00578. The topological polar surface area (TPSA) is 31.6 Å². The van der Waals surface area contributed by atoms with Crippen LogP contribution in [0.1, 0.15) is 47.2 Å². The Morgan fingerprint density at radius 3 is 1.68 bits per heavy atom. The van der Waals surface area contributed by atoms with Crippen LogP contribution in [0.2, 0.25) is 0 Å². The molecular formula is C22H27BO3S2. The van der Waals surface area contributed by atoms with Crippen LogP contribution in [0.4, 0.5) is 0 Å². The van der Waals surface area contributed by atoms with Crippen molar-refractivity contribution in [2.24, 2.45) is 0 Å². The molecule has 28 heavy (non-hydrogen) atoms. The van der Waals surface area contributed by atoms with Crippen molar-refractivity contribution in [1.29, 1.82) is 0 Å². The van der Waals surface area contributed by atoms with E-state index < -0.39 is 18.3 Å². The lowest BCUT2D eigenvalue weighted by Gasteiger charge is -2.32. The predicted molar refractivity (Wildman–Crippen MR) is 120 cm³/mol. The second-order valence-corrected chi connectivity index (χ2v) is 11.6. The van der Waals surface area contributed by atoms with Crippen LogP contribution >= 0.6 is 22.7 Å². The molecule has 0 aliphatic carbocycles. The lowest BCUT2D eigenvalue weighted by atomic mass is 9.85. The highest BCUT2D eigenvalue weighted by atomic mass is 32.1. The van der Waals surface area contributed by atoms with E-state index in [1.807, 2.05) is 11.3 Å². The highest BCUT2D eigenvalue weighted by Gasteiger charge is 2.53. The normalized spacial score (nSPS) is 18.2. The number of rotatable bonds is 3. The molecule has 0 amide bonds. The van der Waals surface area contributed by atoms with Gasteiger partial charge < -0.3 is 13.7 Å². The van der Waals surface area contributed by atoms with Gasteiger partial charge >= 0.3 is 7.12 Å². The van der Waals surface area contributed by atoms with Crippen molar-refractivity contribution in [2.75, 3.05) is 0 Å². The molecule has 0 spiro atoms. The zero-order chi connectivity index (χ0) is 20.4. The smallest absolute Gasteiger partial charge is 0.464 e. The first-order valence-corrected chi connectivity index (χ1v) is 11.3. The third-order valence-corrected chi connectivity index (χ3v) is 7.79. The molecule has 1 saturated heterocycles. The van der Waals surface area contributed by atoms with Crippen LogP contribution in [0.15, 0.2) is 22.6 Å². The Morgan fingerprint density at radius 1 is 0.714 bits per heavy atom. The van der Waals surface area contributed by atoms with E-state index in [0.29, 0.717) is 0 Å². The van der Waals surface area contributed by atoms with Crippen LogP contribution < -0.4 is 5.66 Å². The van der Waals surface area contributed by atoms with Crippen LogP contribution in [0.5, 0.6) is 0 Å². The molecule has 0 saturated carbocycles. The maximum atomic E-state index is 6.45. The molecule has 0 atom stereocenters. The summed E-state index contributed by atoms with van der Waals surface area (Å²) >= 11 is 3.62. The third-order valence-electron chi connectivity index (χ3n) is 5.85. The number of hydrogen-bond acceptors (Lipinski definition) is 5. The molecule has 4 rings (SSSR count). The Bertz CT molecular complexity index is 959. The minimum Gasteiger partial charge on any atom is -0.464 e. The molecule has 0 bridgehead atoms. The van der Waals surface area contributed by atoms with Gasteiger partial charge in [-0.25, -0.2) is 0 Å². The molecule has 0 unspecified atom stereocenters. The maximum absolute atomic E-state index is 6.45. The number of aryl methyl sites for hydroxylation is 4. The number of thiophene rings is 2. The third kappa shape index (κ3) is 3.20. The van der Waals surface area contributed by atoms with E-state index in [2.05, 4.69) is 73.6 Å². The van der Waals surface area contributed by atoms with E-state index in [4.69, 9.17) is 13.7 Å². The summed E-state index contributed by atoms with van der Waals surface area (Å²) < 4.78 is 18.9. The SMILES string of the molecule is Cc1cc(-c2cc(B3OC(C)(C)C(C)(C)O3)oc2-c2cc(C)sc2C)c(C)s1. The van der Waals surface area contributed by atoms with Gasteiger partial charge in [0.1, 0.15) is 11.4 Å². The molecule has 0 N–H and O–H groups in total. The van der Waals surface area contributed by atoms with Gasteiger partial charge in [-0.05, 0) is 79.2 Å². The Morgan fingerprint density at radius 2 is 1.21 bits per heavy atom. The van der Waals surface area contributed by atoms with Gasteiger partial charge in [0.05, 0.1) is 11.2 Å². The van der Waals surface area contributed by atoms with Gasteiger partial charge in [0.25, 0.3) is 0 Å². The van der Waals surface area contributed by atoms with Crippen LogP contribution in [-0.2, 0) is 9.31 Å². The average Bonchev–Trinajstić information content (AvgIpc) is 3.26. The molecule has 3 aromatic heterocycles. The van der Waals surface area contributed by atoms with Crippen molar-refractivity contribution in [3.63, 3.8) is 0 Å². The molecule has 3 aromatic rings. The van der Waals surface area contributed by atoms with Crippen LogP contribution in [-0.4, -0.2) is 18.3 Å². The van der Waals surface area contributed by atoms with Crippen molar-refractivity contribution in [3.8, 4) is 22.5 Å². The zero-order valence-corrected chi connectivity index (χ0v) is 19.5. The standard InChI is InChI=1S/C22H27BO3S2/c1-12-9-16(14(3)27-12)18-11-19(23-25-21(5,6)22(7,8)26-23)24-20(18)17-10-13(2)28-15(17)4/h9-11H,1-8H3. The maximum Gasteiger partial charge on any atom is 0.532 e. The van der Waals surface area contributed by atoms with Crippen molar-refractivity contribution in [2.45, 2.75) is 66.6 Å². The summed E-state index contributed by atoms with van der Waals surface area (Å²) in [6.45, 7) is 16.9. The average molecular weight is 414 g/mol. The summed E-state index contributed by atoms with van der Waals surface area (Å²) in [6, 6.07) is 6.57. The molecule has 1 fully saturated rings. The molecule has 1 aliphatic rings. The lowest BCUT2D eigenvalue weighted by Crippen LogP contribution is -2.41. The first-order chi connectivity index (χ1) is 13.0. The minimum atomic E-state index is -0.502.